The van der Waals surface area contributed by atoms with Crippen LogP contribution >= 0.6 is 0 Å². The number of carboxylic acids is 1. The summed E-state index contributed by atoms with van der Waals surface area (Å²) in [5.41, 5.74) is 5.77. The number of nitrogens with one attached hydrogen (secondary N) is 1. The maximum atomic E-state index is 11.7. The monoisotopic (exact) mass is 257 g/mol. The molecule has 6 nitrogen and oxygen atoms in total. The molecule has 0 radical (unpaired) electrons. The number of likely N-dealkylation sites (tertiary alicyclic amines) is 1. The summed E-state index contributed by atoms with van der Waals surface area (Å²) in [6, 6.07) is 0.148. The molecule has 1 atom stereocenters. The number of nitrogens with zero attached hydrogens (tertiary/aromatic N) is 1. The number of aliphatic carboxylic acids is 1. The van der Waals surface area contributed by atoms with Crippen molar-refractivity contribution >= 4 is 12.0 Å². The van der Waals surface area contributed by atoms with Crippen LogP contribution in [0.5, 0.6) is 0 Å². The van der Waals surface area contributed by atoms with Crippen molar-refractivity contribution in [2.24, 2.45) is 11.7 Å². The van der Waals surface area contributed by atoms with E-state index in [2.05, 4.69) is 5.32 Å². The second-order valence-electron chi connectivity index (χ2n) is 4.94. The van der Waals surface area contributed by atoms with Gasteiger partial charge < -0.3 is 21.1 Å². The van der Waals surface area contributed by atoms with Crippen molar-refractivity contribution in [3.8, 4) is 0 Å². The SMILES string of the molecule is CC(CCCNC(=O)N1CCC(N)CC1)C(=O)O. The normalized spacial score (nSPS) is 18.4. The third-order valence-electron chi connectivity index (χ3n) is 3.34. The molecule has 0 aromatic heterocycles. The first-order valence-corrected chi connectivity index (χ1v) is 6.52. The molecule has 4 N–H and O–H groups in total. The number of nitrogens with two attached hydrogens (primary N) is 1. The summed E-state index contributed by atoms with van der Waals surface area (Å²) < 4.78 is 0. The van der Waals surface area contributed by atoms with Crippen LogP contribution in [0.25, 0.3) is 0 Å². The summed E-state index contributed by atoms with van der Waals surface area (Å²) >= 11 is 0. The predicted molar refractivity (Wildman–Crippen MR) is 68.2 cm³/mol. The van der Waals surface area contributed by atoms with E-state index in [1.807, 2.05) is 0 Å². The summed E-state index contributed by atoms with van der Waals surface area (Å²) in [7, 11) is 0. The number of carboxylic acid groups (broad SMARTS) is 1. The van der Waals surface area contributed by atoms with Gasteiger partial charge in [0.25, 0.3) is 0 Å². The van der Waals surface area contributed by atoms with Crippen LogP contribution in [-0.2, 0) is 4.79 Å². The van der Waals surface area contributed by atoms with Gasteiger partial charge in [0.1, 0.15) is 0 Å². The van der Waals surface area contributed by atoms with E-state index in [-0.39, 0.29) is 18.0 Å². The van der Waals surface area contributed by atoms with Gasteiger partial charge in [0, 0.05) is 25.7 Å². The van der Waals surface area contributed by atoms with Gasteiger partial charge in [-0.2, -0.15) is 0 Å². The first-order chi connectivity index (χ1) is 8.50. The van der Waals surface area contributed by atoms with Gasteiger partial charge in [-0.3, -0.25) is 4.79 Å². The van der Waals surface area contributed by atoms with Crippen LogP contribution in [0.15, 0.2) is 0 Å². The smallest absolute Gasteiger partial charge is 0.317 e. The van der Waals surface area contributed by atoms with Crippen molar-refractivity contribution in [3.63, 3.8) is 0 Å². The molecule has 0 bridgehead atoms. The van der Waals surface area contributed by atoms with E-state index < -0.39 is 5.97 Å². The highest BCUT2D eigenvalue weighted by atomic mass is 16.4. The topological polar surface area (TPSA) is 95.7 Å². The fourth-order valence-corrected chi connectivity index (χ4v) is 1.94. The molecule has 0 aliphatic carbocycles. The fourth-order valence-electron chi connectivity index (χ4n) is 1.94. The Balaban J connectivity index is 2.12. The molecule has 18 heavy (non-hydrogen) atoms. The van der Waals surface area contributed by atoms with E-state index in [9.17, 15) is 9.59 Å². The van der Waals surface area contributed by atoms with Crippen LogP contribution in [0.3, 0.4) is 0 Å². The zero-order valence-corrected chi connectivity index (χ0v) is 10.9. The minimum Gasteiger partial charge on any atom is -0.481 e. The maximum absolute atomic E-state index is 11.7. The molecule has 1 aliphatic heterocycles. The summed E-state index contributed by atoms with van der Waals surface area (Å²) in [6.07, 6.45) is 2.97. The highest BCUT2D eigenvalue weighted by Crippen LogP contribution is 2.08. The number of rotatable bonds is 5. The lowest BCUT2D eigenvalue weighted by molar-refractivity contribution is -0.141. The molecule has 2 amide bonds. The molecule has 0 saturated carbocycles. The third kappa shape index (κ3) is 4.91. The first-order valence-electron chi connectivity index (χ1n) is 6.52. The molecule has 0 aromatic rings. The first kappa shape index (κ1) is 14.8. The number of carbonyl (C=O) groups is 2. The number of urea groups is 1. The lowest BCUT2D eigenvalue weighted by Gasteiger charge is -2.30. The fraction of sp³-hybridized carbons (Fsp3) is 0.833. The molecule has 0 aromatic carbocycles. The van der Waals surface area contributed by atoms with Gasteiger partial charge in [-0.15, -0.1) is 0 Å². The number of hydrogen-bond donors (Lipinski definition) is 3. The summed E-state index contributed by atoms with van der Waals surface area (Å²) in [5, 5.41) is 11.5. The van der Waals surface area contributed by atoms with Gasteiger partial charge in [-0.1, -0.05) is 6.92 Å². The highest BCUT2D eigenvalue weighted by molar-refractivity contribution is 5.74. The van der Waals surface area contributed by atoms with Crippen molar-refractivity contribution < 1.29 is 14.7 Å². The number of carbonyl (C=O) groups excluding carboxylic acids is 1. The molecule has 1 unspecified atom stereocenters. The Morgan fingerprint density at radius 2 is 2.06 bits per heavy atom. The van der Waals surface area contributed by atoms with Gasteiger partial charge in [-0.25, -0.2) is 4.79 Å². The highest BCUT2D eigenvalue weighted by Gasteiger charge is 2.20. The van der Waals surface area contributed by atoms with Gasteiger partial charge in [-0.05, 0) is 25.7 Å². The van der Waals surface area contributed by atoms with E-state index in [0.29, 0.717) is 32.5 Å². The molecule has 0 spiro atoms. The summed E-state index contributed by atoms with van der Waals surface area (Å²) in [4.78, 5) is 24.1. The second kappa shape index (κ2) is 7.20. The summed E-state index contributed by atoms with van der Waals surface area (Å²) in [6.45, 7) is 3.62. The van der Waals surface area contributed by atoms with Gasteiger partial charge in [0.05, 0.1) is 5.92 Å². The predicted octanol–water partition coefficient (Wildman–Crippen LogP) is 0.620. The van der Waals surface area contributed by atoms with Crippen LogP contribution in [0.1, 0.15) is 32.6 Å². The quantitative estimate of drug-likeness (QED) is 0.629. The molecular weight excluding hydrogens is 234 g/mol. The van der Waals surface area contributed by atoms with Crippen molar-refractivity contribution in [1.29, 1.82) is 0 Å². The van der Waals surface area contributed by atoms with Gasteiger partial charge in [0.2, 0.25) is 0 Å². The van der Waals surface area contributed by atoms with E-state index in [1.54, 1.807) is 11.8 Å². The molecule has 1 aliphatic rings. The van der Waals surface area contributed by atoms with Crippen molar-refractivity contribution in [2.45, 2.75) is 38.6 Å². The molecule has 1 saturated heterocycles. The molecular formula is C12H23N3O3. The lowest BCUT2D eigenvalue weighted by atomic mass is 10.1. The van der Waals surface area contributed by atoms with Crippen LogP contribution < -0.4 is 11.1 Å². The molecule has 6 heteroatoms. The van der Waals surface area contributed by atoms with Gasteiger partial charge in [0.15, 0.2) is 0 Å². The summed E-state index contributed by atoms with van der Waals surface area (Å²) in [5.74, 6) is -1.14. The molecule has 1 rings (SSSR count). The van der Waals surface area contributed by atoms with Crippen molar-refractivity contribution in [3.05, 3.63) is 0 Å². The van der Waals surface area contributed by atoms with E-state index >= 15 is 0 Å². The van der Waals surface area contributed by atoms with Crippen LogP contribution in [-0.4, -0.2) is 47.7 Å². The average molecular weight is 257 g/mol. The number of hydrogen-bond acceptors (Lipinski definition) is 3. The average Bonchev–Trinajstić information content (AvgIpc) is 2.34. The Labute approximate surface area is 108 Å². The zero-order valence-electron chi connectivity index (χ0n) is 10.9. The number of amides is 2. The van der Waals surface area contributed by atoms with Crippen LogP contribution in [0.4, 0.5) is 4.79 Å². The molecule has 1 heterocycles. The zero-order chi connectivity index (χ0) is 13.5. The second-order valence-corrected chi connectivity index (χ2v) is 4.94. The Morgan fingerprint density at radius 3 is 2.61 bits per heavy atom. The minimum atomic E-state index is -0.786. The molecule has 104 valence electrons. The lowest BCUT2D eigenvalue weighted by Crippen LogP contribution is -2.47. The van der Waals surface area contributed by atoms with Crippen LogP contribution in [0.2, 0.25) is 0 Å². The van der Waals surface area contributed by atoms with E-state index in [0.717, 1.165) is 12.8 Å². The Hall–Kier alpha value is -1.30. The minimum absolute atomic E-state index is 0.0649. The Bertz CT molecular complexity index is 288. The Kier molecular flexibility index (Phi) is 5.91. The Morgan fingerprint density at radius 1 is 1.44 bits per heavy atom. The molecule has 1 fully saturated rings. The maximum Gasteiger partial charge on any atom is 0.317 e. The van der Waals surface area contributed by atoms with Crippen LogP contribution in [0, 0.1) is 5.92 Å². The van der Waals surface area contributed by atoms with E-state index in [4.69, 9.17) is 10.8 Å². The van der Waals surface area contributed by atoms with Crippen molar-refractivity contribution in [1.82, 2.24) is 10.2 Å². The largest absolute Gasteiger partial charge is 0.481 e. The number of piperidine rings is 1. The van der Waals surface area contributed by atoms with Gasteiger partial charge >= 0.3 is 12.0 Å². The van der Waals surface area contributed by atoms with Crippen molar-refractivity contribution in [2.75, 3.05) is 19.6 Å². The standard InChI is InChI=1S/C12H23N3O3/c1-9(11(16)17)3-2-6-14-12(18)15-7-4-10(13)5-8-15/h9-10H,2-8,13H2,1H3,(H,14,18)(H,16,17). The van der Waals surface area contributed by atoms with E-state index in [1.165, 1.54) is 0 Å². The third-order valence-corrected chi connectivity index (χ3v) is 3.34.